The van der Waals surface area contributed by atoms with E-state index < -0.39 is 74.9 Å². The van der Waals surface area contributed by atoms with Gasteiger partial charge >= 0.3 is 12.3 Å². The Kier molecular flexibility index (Phi) is 9.18. The van der Waals surface area contributed by atoms with Crippen molar-refractivity contribution >= 4 is 33.4 Å². The third-order valence-electron chi connectivity index (χ3n) is 7.73. The van der Waals surface area contributed by atoms with Crippen LogP contribution >= 0.6 is 0 Å². The Hall–Kier alpha value is -4.24. The van der Waals surface area contributed by atoms with Crippen molar-refractivity contribution in [3.05, 3.63) is 24.4 Å². The molecule has 0 bridgehead atoms. The summed E-state index contributed by atoms with van der Waals surface area (Å²) in [6.45, 7) is 3.80. The zero-order valence-electron chi connectivity index (χ0n) is 24.8. The van der Waals surface area contributed by atoms with Gasteiger partial charge in [0, 0.05) is 12.7 Å². The molecule has 0 saturated heterocycles. The van der Waals surface area contributed by atoms with Gasteiger partial charge in [0.05, 0.1) is 48.5 Å². The third-order valence-corrected chi connectivity index (χ3v) is 9.61. The average Bonchev–Trinajstić information content (AvgIpc) is 3.63. The summed E-state index contributed by atoms with van der Waals surface area (Å²) in [6.07, 6.45) is -6.37. The van der Waals surface area contributed by atoms with Crippen LogP contribution < -0.4 is 24.0 Å². The molecule has 1 aromatic carbocycles. The highest BCUT2D eigenvalue weighted by atomic mass is 32.2. The number of nitriles is 1. The molecule has 0 unspecified atom stereocenters. The fourth-order valence-corrected chi connectivity index (χ4v) is 6.70. The highest BCUT2D eigenvalue weighted by Crippen LogP contribution is 2.46. The molecular formula is C27H33F3N6O8S. The van der Waals surface area contributed by atoms with E-state index in [1.165, 1.54) is 17.8 Å². The van der Waals surface area contributed by atoms with Crippen LogP contribution in [0.1, 0.15) is 34.1 Å². The number of carbonyl (C=O) groups is 2. The third kappa shape index (κ3) is 6.31. The van der Waals surface area contributed by atoms with E-state index in [4.69, 9.17) is 14.7 Å². The Morgan fingerprint density at radius 3 is 2.56 bits per heavy atom. The second kappa shape index (κ2) is 12.3. The van der Waals surface area contributed by atoms with E-state index in [0.717, 1.165) is 22.5 Å². The second-order valence-corrected chi connectivity index (χ2v) is 12.9. The number of fused-ring (bicyclic) bond motifs is 1. The van der Waals surface area contributed by atoms with Gasteiger partial charge in [-0.1, -0.05) is 0 Å². The highest BCUT2D eigenvalue weighted by molar-refractivity contribution is 7.93. The van der Waals surface area contributed by atoms with Gasteiger partial charge < -0.3 is 25.0 Å². The SMILES string of the molecule is CCn1cc(S(=O)(=O)N2c3cc(N(C(=O)O)C(C)(C)C(F)(F)F)ccc3O[C@@H](CNC(=O)[C@@H]3C[C@@H]3C#N)[C@H]2C)c(OCCO)n1. The van der Waals surface area contributed by atoms with Crippen molar-refractivity contribution in [3.63, 3.8) is 0 Å². The lowest BCUT2D eigenvalue weighted by Crippen LogP contribution is -2.57. The molecule has 1 aliphatic heterocycles. The number of nitrogens with one attached hydrogen (secondary N) is 1. The zero-order valence-corrected chi connectivity index (χ0v) is 25.6. The highest BCUT2D eigenvalue weighted by Gasteiger charge is 2.54. The number of rotatable bonds is 11. The van der Waals surface area contributed by atoms with Gasteiger partial charge in [-0.3, -0.25) is 18.7 Å². The van der Waals surface area contributed by atoms with Crippen LogP contribution in [-0.2, 0) is 21.4 Å². The average molecular weight is 659 g/mol. The first-order chi connectivity index (χ1) is 21.0. The number of aryl methyl sites for hydroxylation is 1. The molecule has 1 aromatic heterocycles. The normalized spacial score (nSPS) is 21.3. The molecule has 2 heterocycles. The summed E-state index contributed by atoms with van der Waals surface area (Å²) >= 11 is 0. The molecule has 2 aromatic rings. The van der Waals surface area contributed by atoms with Crippen LogP contribution in [-0.4, -0.2) is 84.0 Å². The van der Waals surface area contributed by atoms with Gasteiger partial charge in [-0.05, 0) is 52.3 Å². The van der Waals surface area contributed by atoms with E-state index in [-0.39, 0.29) is 41.9 Å². The molecule has 18 heteroatoms. The van der Waals surface area contributed by atoms with E-state index in [0.29, 0.717) is 20.3 Å². The lowest BCUT2D eigenvalue weighted by atomic mass is 10.0. The fraction of sp³-hybridized carbons (Fsp3) is 0.556. The number of hydrogen-bond acceptors (Lipinski definition) is 9. The number of benzene rings is 1. The molecule has 1 fully saturated rings. The number of carboxylic acid groups (broad SMARTS) is 1. The van der Waals surface area contributed by atoms with Crippen LogP contribution in [0.2, 0.25) is 0 Å². The summed E-state index contributed by atoms with van der Waals surface area (Å²) in [5, 5.41) is 34.9. The number of anilines is 2. The van der Waals surface area contributed by atoms with Crippen molar-refractivity contribution < 1.29 is 50.9 Å². The van der Waals surface area contributed by atoms with Crippen molar-refractivity contribution in [3.8, 4) is 17.7 Å². The van der Waals surface area contributed by atoms with Gasteiger partial charge in [0.15, 0.2) is 4.90 Å². The lowest BCUT2D eigenvalue weighted by molar-refractivity contribution is -0.175. The Balaban J connectivity index is 1.83. The predicted octanol–water partition coefficient (Wildman–Crippen LogP) is 2.72. The first-order valence-electron chi connectivity index (χ1n) is 13.9. The first kappa shape index (κ1) is 33.6. The molecule has 0 spiro atoms. The van der Waals surface area contributed by atoms with Gasteiger partial charge in [-0.15, -0.1) is 5.10 Å². The Morgan fingerprint density at radius 1 is 1.31 bits per heavy atom. The largest absolute Gasteiger partial charge is 0.484 e. The molecule has 14 nitrogen and oxygen atoms in total. The van der Waals surface area contributed by atoms with Crippen LogP contribution in [0, 0.1) is 23.2 Å². The van der Waals surface area contributed by atoms with Crippen LogP contribution in [0.4, 0.5) is 29.3 Å². The van der Waals surface area contributed by atoms with Crippen molar-refractivity contribution in [2.24, 2.45) is 11.8 Å². The molecule has 1 aliphatic carbocycles. The minimum atomic E-state index is -5.00. The molecule has 3 N–H and O–H groups in total. The minimum absolute atomic E-state index is 0.0845. The van der Waals surface area contributed by atoms with E-state index in [2.05, 4.69) is 10.4 Å². The number of sulfonamides is 1. The van der Waals surface area contributed by atoms with E-state index in [9.17, 15) is 41.4 Å². The molecule has 45 heavy (non-hydrogen) atoms. The molecule has 2 amide bonds. The van der Waals surface area contributed by atoms with Crippen LogP contribution in [0.25, 0.3) is 0 Å². The van der Waals surface area contributed by atoms with Gasteiger partial charge in [0.25, 0.3) is 15.9 Å². The summed E-state index contributed by atoms with van der Waals surface area (Å²) < 4.78 is 84.2. The summed E-state index contributed by atoms with van der Waals surface area (Å²) in [4.78, 5) is 24.4. The van der Waals surface area contributed by atoms with E-state index >= 15 is 0 Å². The fourth-order valence-electron chi connectivity index (χ4n) is 4.94. The number of carbonyl (C=O) groups excluding carboxylic acids is 1. The number of aromatic nitrogens is 2. The van der Waals surface area contributed by atoms with Gasteiger partial charge in [-0.25, -0.2) is 13.2 Å². The topological polar surface area (TPSA) is 187 Å². The Bertz CT molecular complexity index is 1610. The van der Waals surface area contributed by atoms with Crippen LogP contribution in [0.15, 0.2) is 29.3 Å². The molecule has 246 valence electrons. The summed E-state index contributed by atoms with van der Waals surface area (Å²) in [6, 6.07) is 4.08. The number of alkyl halides is 3. The van der Waals surface area contributed by atoms with Gasteiger partial charge in [-0.2, -0.15) is 18.4 Å². The number of halogens is 3. The number of aliphatic hydroxyl groups is 1. The van der Waals surface area contributed by atoms with Crippen LogP contribution in [0.3, 0.4) is 0 Å². The quantitative estimate of drug-likeness (QED) is 0.324. The number of amides is 2. The maximum atomic E-state index is 14.4. The van der Waals surface area contributed by atoms with Crippen molar-refractivity contribution in [1.82, 2.24) is 15.1 Å². The van der Waals surface area contributed by atoms with Crippen molar-refractivity contribution in [2.45, 2.75) is 69.4 Å². The van der Waals surface area contributed by atoms with Gasteiger partial charge in [0.2, 0.25) is 5.91 Å². The maximum Gasteiger partial charge on any atom is 0.412 e. The lowest BCUT2D eigenvalue weighted by Gasteiger charge is -2.42. The predicted molar refractivity (Wildman–Crippen MR) is 151 cm³/mol. The maximum absolute atomic E-state index is 14.4. The minimum Gasteiger partial charge on any atom is -0.484 e. The Labute approximate surface area is 257 Å². The monoisotopic (exact) mass is 658 g/mol. The number of hydrogen-bond donors (Lipinski definition) is 3. The second-order valence-electron chi connectivity index (χ2n) is 11.1. The summed E-state index contributed by atoms with van der Waals surface area (Å²) in [7, 11) is -4.67. The van der Waals surface area contributed by atoms with Gasteiger partial charge in [0.1, 0.15) is 24.0 Å². The van der Waals surface area contributed by atoms with E-state index in [1.807, 2.05) is 6.07 Å². The zero-order chi connectivity index (χ0) is 33.5. The molecule has 4 rings (SSSR count). The van der Waals surface area contributed by atoms with Crippen molar-refractivity contribution in [1.29, 1.82) is 5.26 Å². The Morgan fingerprint density at radius 2 is 2.00 bits per heavy atom. The summed E-state index contributed by atoms with van der Waals surface area (Å²) in [5.41, 5.74) is -3.66. The standard InChI is InChI=1S/C27H33F3N6O8S/c1-5-34-14-22(24(33-34)43-9-8-37)45(41,42)36-15(2)21(13-32-23(38)18-10-16(18)12-31)44-20-7-6-17(11-19(20)36)35(25(39)40)26(3,4)27(28,29)30/h6-7,11,14-16,18,21,37H,5,8-10,13H2,1-4H3,(H,32,38)(H,39,40)/t15-,16-,18-,21+/m1/s1. The van der Waals surface area contributed by atoms with Crippen LogP contribution in [0.5, 0.6) is 11.6 Å². The molecule has 4 atom stereocenters. The van der Waals surface area contributed by atoms with E-state index in [1.54, 1.807) is 6.92 Å². The number of aliphatic hydroxyl groups excluding tert-OH is 1. The summed E-state index contributed by atoms with van der Waals surface area (Å²) in [5.74, 6) is -1.79. The molecular weight excluding hydrogens is 625 g/mol. The number of nitrogens with zero attached hydrogens (tertiary/aromatic N) is 5. The smallest absolute Gasteiger partial charge is 0.412 e. The molecule has 1 saturated carbocycles. The molecule has 2 aliphatic rings. The number of ether oxygens (including phenoxy) is 2. The first-order valence-corrected chi connectivity index (χ1v) is 15.4. The van der Waals surface area contributed by atoms with Crippen molar-refractivity contribution in [2.75, 3.05) is 29.0 Å². The molecule has 0 radical (unpaired) electrons.